The van der Waals surface area contributed by atoms with E-state index in [-0.39, 0.29) is 18.0 Å². The van der Waals surface area contributed by atoms with Crippen LogP contribution in [0.1, 0.15) is 78.1 Å². The predicted molar refractivity (Wildman–Crippen MR) is 105 cm³/mol. The Hall–Kier alpha value is -0.830. The molecule has 1 saturated heterocycles. The molecule has 26 heavy (non-hydrogen) atoms. The van der Waals surface area contributed by atoms with Crippen molar-refractivity contribution in [1.82, 2.24) is 0 Å². The maximum absolute atomic E-state index is 12.7. The van der Waals surface area contributed by atoms with E-state index in [9.17, 15) is 4.79 Å². The second kappa shape index (κ2) is 9.39. The lowest BCUT2D eigenvalue weighted by atomic mass is 9.71. The van der Waals surface area contributed by atoms with Crippen LogP contribution in [-0.2, 0) is 14.3 Å². The molecular weight excluding hydrogens is 324 g/mol. The largest absolute Gasteiger partial charge is 0.462 e. The number of methoxy groups -OCH3 is 1. The van der Waals surface area contributed by atoms with Crippen LogP contribution >= 0.6 is 0 Å². The maximum atomic E-state index is 12.7. The molecule has 2 saturated carbocycles. The lowest BCUT2D eigenvalue weighted by Crippen LogP contribution is -2.41. The van der Waals surface area contributed by atoms with Gasteiger partial charge in [0.1, 0.15) is 6.10 Å². The topological polar surface area (TPSA) is 35.5 Å². The molecule has 148 valence electrons. The summed E-state index contributed by atoms with van der Waals surface area (Å²) in [6.07, 6.45) is 16.8. The van der Waals surface area contributed by atoms with Crippen molar-refractivity contribution in [2.45, 2.75) is 90.3 Å². The Labute approximate surface area is 159 Å². The van der Waals surface area contributed by atoms with E-state index in [0.717, 1.165) is 31.6 Å². The van der Waals surface area contributed by atoms with Crippen LogP contribution in [0.15, 0.2) is 12.2 Å². The molecular formula is C23H38O3. The van der Waals surface area contributed by atoms with Crippen LogP contribution in [0.5, 0.6) is 0 Å². The minimum absolute atomic E-state index is 0.105. The Morgan fingerprint density at radius 2 is 1.69 bits per heavy atom. The zero-order valence-corrected chi connectivity index (χ0v) is 17.0. The number of carbonyl (C=O) groups is 1. The fourth-order valence-electron chi connectivity index (χ4n) is 5.72. The van der Waals surface area contributed by atoms with Gasteiger partial charge in [0.2, 0.25) is 0 Å². The number of hydrogen-bond acceptors (Lipinski definition) is 3. The molecule has 3 heteroatoms. The molecule has 3 nitrogen and oxygen atoms in total. The van der Waals surface area contributed by atoms with Crippen molar-refractivity contribution in [3.8, 4) is 0 Å². The highest BCUT2D eigenvalue weighted by Crippen LogP contribution is 2.41. The Morgan fingerprint density at radius 3 is 2.27 bits per heavy atom. The van der Waals surface area contributed by atoms with E-state index in [1.165, 1.54) is 38.5 Å². The maximum Gasteiger partial charge on any atom is 0.309 e. The van der Waals surface area contributed by atoms with E-state index in [2.05, 4.69) is 26.0 Å². The van der Waals surface area contributed by atoms with Crippen molar-refractivity contribution in [1.29, 1.82) is 0 Å². The van der Waals surface area contributed by atoms with Crippen LogP contribution < -0.4 is 0 Å². The number of rotatable bonds is 5. The summed E-state index contributed by atoms with van der Waals surface area (Å²) in [6, 6.07) is 0. The molecule has 2 aliphatic carbocycles. The molecule has 0 spiro atoms. The first-order valence-corrected chi connectivity index (χ1v) is 11.0. The Morgan fingerprint density at radius 1 is 1.00 bits per heavy atom. The highest BCUT2D eigenvalue weighted by molar-refractivity contribution is 5.73. The second-order valence-electron chi connectivity index (χ2n) is 8.99. The van der Waals surface area contributed by atoms with Crippen LogP contribution in [0.4, 0.5) is 0 Å². The average Bonchev–Trinajstić information content (AvgIpc) is 2.68. The first-order valence-electron chi connectivity index (χ1n) is 11.0. The molecule has 0 aromatic rings. The summed E-state index contributed by atoms with van der Waals surface area (Å²) in [5, 5.41) is 0. The number of esters is 1. The number of cyclic esters (lactones) is 1. The smallest absolute Gasteiger partial charge is 0.309 e. The summed E-state index contributed by atoms with van der Waals surface area (Å²) in [5.41, 5.74) is 0. The van der Waals surface area contributed by atoms with Gasteiger partial charge >= 0.3 is 5.97 Å². The lowest BCUT2D eigenvalue weighted by Gasteiger charge is -2.40. The van der Waals surface area contributed by atoms with Gasteiger partial charge in [0.15, 0.2) is 0 Å². The molecule has 1 heterocycles. The first kappa shape index (κ1) is 19.9. The summed E-state index contributed by atoms with van der Waals surface area (Å²) in [5.74, 6) is 2.72. The summed E-state index contributed by atoms with van der Waals surface area (Å²) in [4.78, 5) is 12.7. The van der Waals surface area contributed by atoms with E-state index in [4.69, 9.17) is 9.47 Å². The Kier molecular flexibility index (Phi) is 7.19. The van der Waals surface area contributed by atoms with Crippen molar-refractivity contribution < 1.29 is 14.3 Å². The van der Waals surface area contributed by atoms with Crippen molar-refractivity contribution in [2.75, 3.05) is 7.11 Å². The zero-order valence-electron chi connectivity index (χ0n) is 17.0. The molecule has 3 aliphatic rings. The van der Waals surface area contributed by atoms with Gasteiger partial charge < -0.3 is 9.47 Å². The van der Waals surface area contributed by atoms with Crippen LogP contribution in [0.3, 0.4) is 0 Å². The molecule has 3 atom stereocenters. The molecule has 0 N–H and O–H groups in total. The fraction of sp³-hybridized carbons (Fsp3) is 0.870. The van der Waals surface area contributed by atoms with Crippen LogP contribution in [0.2, 0.25) is 0 Å². The standard InChI is InChI=1S/C23H38O3/c1-4-5-17-6-8-19(9-7-17)21-14-15-22(26-23(21)24)16(2)18-10-12-20(25-3)13-11-18/h4-5,16-22H,6-15H2,1-3H3/b5-4+. The summed E-state index contributed by atoms with van der Waals surface area (Å²) in [6.45, 7) is 4.41. The third-order valence-corrected chi connectivity index (χ3v) is 7.56. The Bertz CT molecular complexity index is 470. The lowest BCUT2D eigenvalue weighted by molar-refractivity contribution is -0.169. The normalized spacial score (nSPS) is 40.3. The van der Waals surface area contributed by atoms with Gasteiger partial charge in [0, 0.05) is 7.11 Å². The minimum atomic E-state index is 0.105. The van der Waals surface area contributed by atoms with Crippen LogP contribution in [-0.4, -0.2) is 25.3 Å². The van der Waals surface area contributed by atoms with E-state index >= 15 is 0 Å². The number of hydrogen-bond donors (Lipinski definition) is 0. The van der Waals surface area contributed by atoms with Gasteiger partial charge in [-0.2, -0.15) is 0 Å². The van der Waals surface area contributed by atoms with E-state index in [1.54, 1.807) is 0 Å². The molecule has 0 bridgehead atoms. The molecule has 3 fully saturated rings. The summed E-state index contributed by atoms with van der Waals surface area (Å²) < 4.78 is 11.5. The first-order chi connectivity index (χ1) is 12.6. The third kappa shape index (κ3) is 4.71. The van der Waals surface area contributed by atoms with Gasteiger partial charge in [-0.1, -0.05) is 19.1 Å². The summed E-state index contributed by atoms with van der Waals surface area (Å²) >= 11 is 0. The monoisotopic (exact) mass is 362 g/mol. The second-order valence-corrected chi connectivity index (χ2v) is 8.99. The van der Waals surface area contributed by atoms with Gasteiger partial charge in [-0.25, -0.2) is 0 Å². The number of carbonyl (C=O) groups excluding carboxylic acids is 1. The van der Waals surface area contributed by atoms with E-state index in [0.29, 0.717) is 23.9 Å². The van der Waals surface area contributed by atoms with E-state index < -0.39 is 0 Å². The molecule has 0 aromatic heterocycles. The van der Waals surface area contributed by atoms with Crippen molar-refractivity contribution in [3.05, 3.63) is 12.2 Å². The quantitative estimate of drug-likeness (QED) is 0.476. The van der Waals surface area contributed by atoms with Crippen molar-refractivity contribution >= 4 is 5.97 Å². The summed E-state index contributed by atoms with van der Waals surface area (Å²) in [7, 11) is 1.82. The highest BCUT2D eigenvalue weighted by Gasteiger charge is 2.40. The van der Waals surface area contributed by atoms with Gasteiger partial charge in [0.25, 0.3) is 0 Å². The van der Waals surface area contributed by atoms with Gasteiger partial charge in [-0.05, 0) is 94.8 Å². The minimum Gasteiger partial charge on any atom is -0.462 e. The van der Waals surface area contributed by atoms with Gasteiger partial charge in [0.05, 0.1) is 12.0 Å². The highest BCUT2D eigenvalue weighted by atomic mass is 16.5. The molecule has 0 radical (unpaired) electrons. The molecule has 3 rings (SSSR count). The van der Waals surface area contributed by atoms with Gasteiger partial charge in [-0.15, -0.1) is 0 Å². The molecule has 0 aromatic carbocycles. The average molecular weight is 363 g/mol. The van der Waals surface area contributed by atoms with Crippen molar-refractivity contribution in [2.24, 2.45) is 29.6 Å². The van der Waals surface area contributed by atoms with Crippen molar-refractivity contribution in [3.63, 3.8) is 0 Å². The number of allylic oxidation sites excluding steroid dienone is 2. The van der Waals surface area contributed by atoms with Crippen LogP contribution in [0, 0.1) is 29.6 Å². The van der Waals surface area contributed by atoms with Gasteiger partial charge in [-0.3, -0.25) is 4.79 Å². The zero-order chi connectivity index (χ0) is 18.5. The van der Waals surface area contributed by atoms with Crippen LogP contribution in [0.25, 0.3) is 0 Å². The fourth-order valence-corrected chi connectivity index (χ4v) is 5.72. The molecule has 1 aliphatic heterocycles. The predicted octanol–water partition coefficient (Wildman–Crippen LogP) is 5.53. The Balaban J connectivity index is 1.47. The molecule has 0 amide bonds. The SMILES string of the molecule is C/C=C/C1CCC(C2CCC(C(C)C3CCC(OC)CC3)OC2=O)CC1. The third-order valence-electron chi connectivity index (χ3n) is 7.56. The van der Waals surface area contributed by atoms with E-state index in [1.807, 2.05) is 7.11 Å². The number of ether oxygens (including phenoxy) is 2. The molecule has 3 unspecified atom stereocenters.